The number of hydrogen-bond acceptors (Lipinski definition) is 4. The fourth-order valence-electron chi connectivity index (χ4n) is 0.994. The molecular formula is C9H12FN3OS. The highest BCUT2D eigenvalue weighted by Crippen LogP contribution is 2.20. The molecule has 0 saturated heterocycles. The number of amidine groups is 1. The minimum atomic E-state index is -0.390. The minimum absolute atomic E-state index is 0.226. The van der Waals surface area contributed by atoms with Crippen LogP contribution in [-0.2, 0) is 5.75 Å². The third kappa shape index (κ3) is 3.32. The second kappa shape index (κ2) is 5.45. The number of benzene rings is 1. The maximum atomic E-state index is 13.2. The summed E-state index contributed by atoms with van der Waals surface area (Å²) in [5.74, 6) is 5.32. The van der Waals surface area contributed by atoms with Crippen LogP contribution in [-0.4, -0.2) is 12.3 Å². The normalized spacial score (nSPS) is 11.5. The fourth-order valence-corrected chi connectivity index (χ4v) is 1.56. The lowest BCUT2D eigenvalue weighted by molar-refractivity contribution is 0.386. The van der Waals surface area contributed by atoms with Gasteiger partial charge in [-0.3, -0.25) is 0 Å². The van der Waals surface area contributed by atoms with Gasteiger partial charge in [-0.1, -0.05) is 17.8 Å². The Labute approximate surface area is 91.5 Å². The number of thioether (sulfide) groups is 1. The summed E-state index contributed by atoms with van der Waals surface area (Å²) in [6.07, 6.45) is 0. The number of halogens is 1. The zero-order chi connectivity index (χ0) is 11.3. The first-order valence-electron chi connectivity index (χ1n) is 4.16. The Hall–Kier alpha value is -1.43. The highest BCUT2D eigenvalue weighted by molar-refractivity contribution is 8.13. The average molecular weight is 229 g/mol. The zero-order valence-corrected chi connectivity index (χ0v) is 9.05. The first kappa shape index (κ1) is 11.6. The third-order valence-corrected chi connectivity index (χ3v) is 2.61. The van der Waals surface area contributed by atoms with Gasteiger partial charge in [-0.2, -0.15) is 5.10 Å². The summed E-state index contributed by atoms with van der Waals surface area (Å²) < 4.78 is 18.0. The van der Waals surface area contributed by atoms with E-state index in [-0.39, 0.29) is 16.7 Å². The number of hydrogen-bond donors (Lipinski definition) is 2. The summed E-state index contributed by atoms with van der Waals surface area (Å²) in [4.78, 5) is 0. The lowest BCUT2D eigenvalue weighted by atomic mass is 10.2. The van der Waals surface area contributed by atoms with Gasteiger partial charge in [0.1, 0.15) is 0 Å². The topological polar surface area (TPSA) is 73.6 Å². The summed E-state index contributed by atoms with van der Waals surface area (Å²) in [7, 11) is 1.42. The van der Waals surface area contributed by atoms with Crippen molar-refractivity contribution in [1.82, 2.24) is 0 Å². The largest absolute Gasteiger partial charge is 0.494 e. The van der Waals surface area contributed by atoms with Gasteiger partial charge in [0, 0.05) is 5.75 Å². The molecule has 0 amide bonds. The van der Waals surface area contributed by atoms with Gasteiger partial charge in [0.25, 0.3) is 0 Å². The van der Waals surface area contributed by atoms with Crippen molar-refractivity contribution >= 4 is 16.9 Å². The van der Waals surface area contributed by atoms with Gasteiger partial charge in [0.05, 0.1) is 7.11 Å². The van der Waals surface area contributed by atoms with Crippen molar-refractivity contribution in [2.24, 2.45) is 16.7 Å². The minimum Gasteiger partial charge on any atom is -0.494 e. The molecule has 0 fully saturated rings. The van der Waals surface area contributed by atoms with Gasteiger partial charge in [0.2, 0.25) is 0 Å². The molecule has 15 heavy (non-hydrogen) atoms. The number of methoxy groups -OCH3 is 1. The standard InChI is InChI=1S/C9H12FN3OS/c1-14-8-3-2-6(4-7(8)10)5-15-9(11)13-12/h2-4H,5,12H2,1H3,(H2,11,13). The Morgan fingerprint density at radius 2 is 2.33 bits per heavy atom. The van der Waals surface area contributed by atoms with Crippen LogP contribution in [0, 0.1) is 5.82 Å². The monoisotopic (exact) mass is 229 g/mol. The molecule has 6 heteroatoms. The van der Waals surface area contributed by atoms with Crippen LogP contribution in [0.1, 0.15) is 5.56 Å². The van der Waals surface area contributed by atoms with E-state index in [0.717, 1.165) is 5.56 Å². The van der Waals surface area contributed by atoms with Crippen LogP contribution in [0.3, 0.4) is 0 Å². The lowest BCUT2D eigenvalue weighted by Crippen LogP contribution is -2.09. The number of hydrazone groups is 1. The highest BCUT2D eigenvalue weighted by Gasteiger charge is 2.04. The molecule has 0 radical (unpaired) electrons. The van der Waals surface area contributed by atoms with Crippen LogP contribution in [0.2, 0.25) is 0 Å². The summed E-state index contributed by atoms with van der Waals surface area (Å²) in [5.41, 5.74) is 6.18. The molecule has 1 aromatic rings. The second-order valence-corrected chi connectivity index (χ2v) is 3.72. The molecule has 1 rings (SSSR count). The van der Waals surface area contributed by atoms with Gasteiger partial charge in [-0.05, 0) is 17.7 Å². The van der Waals surface area contributed by atoms with Crippen molar-refractivity contribution in [3.63, 3.8) is 0 Å². The van der Waals surface area contributed by atoms with Crippen LogP contribution < -0.4 is 16.3 Å². The molecule has 82 valence electrons. The third-order valence-electron chi connectivity index (χ3n) is 1.73. The maximum Gasteiger partial charge on any atom is 0.177 e. The first-order valence-corrected chi connectivity index (χ1v) is 5.14. The van der Waals surface area contributed by atoms with Crippen molar-refractivity contribution < 1.29 is 9.13 Å². The molecule has 0 heterocycles. The van der Waals surface area contributed by atoms with Crippen LogP contribution in [0.15, 0.2) is 23.3 Å². The Morgan fingerprint density at radius 1 is 1.60 bits per heavy atom. The van der Waals surface area contributed by atoms with E-state index in [1.165, 1.54) is 24.9 Å². The van der Waals surface area contributed by atoms with Crippen LogP contribution in [0.5, 0.6) is 5.75 Å². The molecule has 0 atom stereocenters. The Bertz CT molecular complexity index is 370. The van der Waals surface area contributed by atoms with E-state index < -0.39 is 0 Å². The molecule has 1 aromatic carbocycles. The summed E-state index contributed by atoms with van der Waals surface area (Å²) in [5, 5.41) is 3.57. The Balaban J connectivity index is 2.67. The van der Waals surface area contributed by atoms with Crippen molar-refractivity contribution in [3.8, 4) is 5.75 Å². The van der Waals surface area contributed by atoms with E-state index in [1.807, 2.05) is 0 Å². The summed E-state index contributed by atoms with van der Waals surface area (Å²) in [6, 6.07) is 4.73. The van der Waals surface area contributed by atoms with Crippen molar-refractivity contribution in [1.29, 1.82) is 0 Å². The molecule has 0 unspecified atom stereocenters. The predicted molar refractivity (Wildman–Crippen MR) is 60.1 cm³/mol. The lowest BCUT2D eigenvalue weighted by Gasteiger charge is -2.04. The SMILES string of the molecule is COc1ccc(CSC(N)=NN)cc1F. The van der Waals surface area contributed by atoms with Gasteiger partial charge < -0.3 is 16.3 Å². The quantitative estimate of drug-likeness (QED) is 0.354. The molecular weight excluding hydrogens is 217 g/mol. The molecule has 4 N–H and O–H groups in total. The van der Waals surface area contributed by atoms with E-state index in [9.17, 15) is 4.39 Å². The number of rotatable bonds is 3. The van der Waals surface area contributed by atoms with Gasteiger partial charge >= 0.3 is 0 Å². The first-order chi connectivity index (χ1) is 7.17. The van der Waals surface area contributed by atoms with Crippen LogP contribution in [0.4, 0.5) is 4.39 Å². The van der Waals surface area contributed by atoms with Crippen molar-refractivity contribution in [2.45, 2.75) is 5.75 Å². The van der Waals surface area contributed by atoms with Gasteiger partial charge in [0.15, 0.2) is 16.7 Å². The van der Waals surface area contributed by atoms with Crippen molar-refractivity contribution in [3.05, 3.63) is 29.6 Å². The maximum absolute atomic E-state index is 13.2. The predicted octanol–water partition coefficient (Wildman–Crippen LogP) is 1.26. The second-order valence-electron chi connectivity index (χ2n) is 2.72. The molecule has 0 saturated carbocycles. The van der Waals surface area contributed by atoms with Crippen LogP contribution in [0.25, 0.3) is 0 Å². The molecule has 0 aliphatic carbocycles. The van der Waals surface area contributed by atoms with E-state index in [2.05, 4.69) is 5.10 Å². The van der Waals surface area contributed by atoms with Gasteiger partial charge in [-0.25, -0.2) is 4.39 Å². The number of nitrogens with zero attached hydrogens (tertiary/aromatic N) is 1. The molecule has 0 bridgehead atoms. The van der Waals surface area contributed by atoms with E-state index in [4.69, 9.17) is 16.3 Å². The number of nitrogens with two attached hydrogens (primary N) is 2. The Kier molecular flexibility index (Phi) is 4.23. The fraction of sp³-hybridized carbons (Fsp3) is 0.222. The molecule has 0 aromatic heterocycles. The highest BCUT2D eigenvalue weighted by atomic mass is 32.2. The summed E-state index contributed by atoms with van der Waals surface area (Å²) in [6.45, 7) is 0. The summed E-state index contributed by atoms with van der Waals surface area (Å²) >= 11 is 1.25. The molecule has 0 spiro atoms. The average Bonchev–Trinajstić information content (AvgIpc) is 2.26. The number of ether oxygens (including phenoxy) is 1. The molecule has 4 nitrogen and oxygen atoms in total. The van der Waals surface area contributed by atoms with Crippen LogP contribution >= 0.6 is 11.8 Å². The van der Waals surface area contributed by atoms with Crippen molar-refractivity contribution in [2.75, 3.05) is 7.11 Å². The van der Waals surface area contributed by atoms with Gasteiger partial charge in [-0.15, -0.1) is 0 Å². The van der Waals surface area contributed by atoms with E-state index >= 15 is 0 Å². The Morgan fingerprint density at radius 3 is 2.87 bits per heavy atom. The molecule has 0 aliphatic rings. The van der Waals surface area contributed by atoms with E-state index in [0.29, 0.717) is 5.75 Å². The zero-order valence-electron chi connectivity index (χ0n) is 8.24. The molecule has 0 aliphatic heterocycles. The smallest absolute Gasteiger partial charge is 0.177 e. The van der Waals surface area contributed by atoms with E-state index in [1.54, 1.807) is 12.1 Å².